The van der Waals surface area contributed by atoms with Gasteiger partial charge in [-0.15, -0.1) is 0 Å². The van der Waals surface area contributed by atoms with Gasteiger partial charge in [0.15, 0.2) is 0 Å². The highest BCUT2D eigenvalue weighted by Crippen LogP contribution is 2.26. The fourth-order valence-electron chi connectivity index (χ4n) is 3.66. The number of nitrogens with zero attached hydrogens (tertiary/aromatic N) is 4. The van der Waals surface area contributed by atoms with Crippen LogP contribution in [0.25, 0.3) is 0 Å². The molecule has 0 spiro atoms. The van der Waals surface area contributed by atoms with E-state index in [2.05, 4.69) is 14.9 Å². The third kappa shape index (κ3) is 3.53. The molecule has 136 valence electrons. The number of hydrogen-bond donors (Lipinski definition) is 0. The zero-order valence-corrected chi connectivity index (χ0v) is 14.6. The van der Waals surface area contributed by atoms with Crippen LogP contribution in [0.5, 0.6) is 5.75 Å². The molecule has 2 atom stereocenters. The van der Waals surface area contributed by atoms with Gasteiger partial charge >= 0.3 is 0 Å². The Morgan fingerprint density at radius 2 is 2.12 bits per heavy atom. The second-order valence-corrected chi connectivity index (χ2v) is 6.88. The van der Waals surface area contributed by atoms with Crippen molar-refractivity contribution in [3.05, 3.63) is 53.9 Å². The molecular formula is C19H21FN4O2. The van der Waals surface area contributed by atoms with Crippen molar-refractivity contribution < 1.29 is 13.9 Å². The largest absolute Gasteiger partial charge is 0.489 e. The molecular weight excluding hydrogens is 335 g/mol. The molecule has 0 saturated carbocycles. The van der Waals surface area contributed by atoms with Gasteiger partial charge < -0.3 is 9.64 Å². The second kappa shape index (κ2) is 6.99. The van der Waals surface area contributed by atoms with Crippen LogP contribution < -0.4 is 4.74 Å². The van der Waals surface area contributed by atoms with E-state index in [1.165, 1.54) is 18.3 Å². The molecule has 7 heteroatoms. The van der Waals surface area contributed by atoms with Crippen molar-refractivity contribution in [3.63, 3.8) is 0 Å². The molecule has 26 heavy (non-hydrogen) atoms. The summed E-state index contributed by atoms with van der Waals surface area (Å²) in [4.78, 5) is 25.2. The van der Waals surface area contributed by atoms with Crippen molar-refractivity contribution in [2.45, 2.75) is 25.5 Å². The molecule has 0 radical (unpaired) electrons. The number of ether oxygens (including phenoxy) is 1. The summed E-state index contributed by atoms with van der Waals surface area (Å²) >= 11 is 0. The van der Waals surface area contributed by atoms with E-state index in [1.807, 2.05) is 11.8 Å². The topological polar surface area (TPSA) is 58.6 Å². The highest BCUT2D eigenvalue weighted by molar-refractivity contribution is 5.92. The maximum absolute atomic E-state index is 13.3. The summed E-state index contributed by atoms with van der Waals surface area (Å²) in [7, 11) is 0. The first-order chi connectivity index (χ1) is 12.6. The van der Waals surface area contributed by atoms with Crippen LogP contribution in [0, 0.1) is 12.7 Å². The molecule has 4 rings (SSSR count). The number of piperazine rings is 1. The summed E-state index contributed by atoms with van der Waals surface area (Å²) in [6.07, 6.45) is 3.98. The van der Waals surface area contributed by atoms with Crippen LogP contribution in [-0.4, -0.2) is 64.0 Å². The SMILES string of the molecule is Cc1cnc(C(=O)N2CCN3C[C@H](Oc4cccc(F)c4)C[C@H]3C2)cn1. The Balaban J connectivity index is 1.38. The Morgan fingerprint density at radius 3 is 2.88 bits per heavy atom. The third-order valence-electron chi connectivity index (χ3n) is 4.96. The molecule has 2 saturated heterocycles. The molecule has 2 aromatic rings. The van der Waals surface area contributed by atoms with E-state index < -0.39 is 0 Å². The maximum atomic E-state index is 13.3. The standard InChI is InChI=1S/C19H21FN4O2/c1-13-9-22-18(10-21-13)19(25)24-6-5-23-12-17(8-15(23)11-24)26-16-4-2-3-14(20)7-16/h2-4,7,9-10,15,17H,5-6,8,11-12H2,1H3/t15-,17+/m0/s1. The van der Waals surface area contributed by atoms with Crippen LogP contribution in [0.1, 0.15) is 22.6 Å². The van der Waals surface area contributed by atoms with Gasteiger partial charge in [-0.1, -0.05) is 6.07 Å². The number of amides is 1. The van der Waals surface area contributed by atoms with Crippen molar-refractivity contribution in [2.75, 3.05) is 26.2 Å². The number of carbonyl (C=O) groups is 1. The van der Waals surface area contributed by atoms with Crippen LogP contribution in [0.15, 0.2) is 36.7 Å². The summed E-state index contributed by atoms with van der Waals surface area (Å²) < 4.78 is 19.3. The minimum absolute atomic E-state index is 0.0102. The Bertz CT molecular complexity index is 798. The van der Waals surface area contributed by atoms with Gasteiger partial charge in [-0.05, 0) is 19.1 Å². The quantitative estimate of drug-likeness (QED) is 0.841. The van der Waals surface area contributed by atoms with E-state index in [1.54, 1.807) is 18.3 Å². The molecule has 6 nitrogen and oxygen atoms in total. The number of fused-ring (bicyclic) bond motifs is 1. The van der Waals surface area contributed by atoms with Crippen molar-refractivity contribution in [2.24, 2.45) is 0 Å². The molecule has 0 N–H and O–H groups in total. The number of halogens is 1. The molecule has 3 heterocycles. The van der Waals surface area contributed by atoms with Gasteiger partial charge in [-0.2, -0.15) is 0 Å². The minimum atomic E-state index is -0.297. The lowest BCUT2D eigenvalue weighted by Gasteiger charge is -2.36. The zero-order valence-electron chi connectivity index (χ0n) is 14.6. The normalized spacial score (nSPS) is 22.9. The maximum Gasteiger partial charge on any atom is 0.274 e. The van der Waals surface area contributed by atoms with E-state index in [4.69, 9.17) is 4.74 Å². The second-order valence-electron chi connectivity index (χ2n) is 6.88. The molecule has 0 unspecified atom stereocenters. The van der Waals surface area contributed by atoms with Gasteiger partial charge in [0.2, 0.25) is 0 Å². The lowest BCUT2D eigenvalue weighted by molar-refractivity contribution is 0.0563. The van der Waals surface area contributed by atoms with Crippen LogP contribution in [-0.2, 0) is 0 Å². The Kier molecular flexibility index (Phi) is 4.55. The fraction of sp³-hybridized carbons (Fsp3) is 0.421. The smallest absolute Gasteiger partial charge is 0.274 e. The fourth-order valence-corrected chi connectivity index (χ4v) is 3.66. The van der Waals surface area contributed by atoms with E-state index in [9.17, 15) is 9.18 Å². The van der Waals surface area contributed by atoms with Crippen molar-refractivity contribution in [1.29, 1.82) is 0 Å². The predicted octanol–water partition coefficient (Wildman–Crippen LogP) is 1.90. The van der Waals surface area contributed by atoms with E-state index in [-0.39, 0.29) is 23.9 Å². The predicted molar refractivity (Wildman–Crippen MR) is 93.5 cm³/mol. The minimum Gasteiger partial charge on any atom is -0.489 e. The van der Waals surface area contributed by atoms with E-state index >= 15 is 0 Å². The number of hydrogen-bond acceptors (Lipinski definition) is 5. The van der Waals surface area contributed by atoms with Crippen LogP contribution in [0.2, 0.25) is 0 Å². The monoisotopic (exact) mass is 356 g/mol. The number of carbonyl (C=O) groups excluding carboxylic acids is 1. The lowest BCUT2D eigenvalue weighted by atomic mass is 10.1. The Morgan fingerprint density at radius 1 is 1.23 bits per heavy atom. The Labute approximate surface area is 151 Å². The van der Waals surface area contributed by atoms with Gasteiger partial charge in [0.25, 0.3) is 5.91 Å². The molecule has 0 aliphatic carbocycles. The first kappa shape index (κ1) is 16.9. The van der Waals surface area contributed by atoms with Crippen LogP contribution in [0.3, 0.4) is 0 Å². The van der Waals surface area contributed by atoms with Crippen molar-refractivity contribution >= 4 is 5.91 Å². The summed E-state index contributed by atoms with van der Waals surface area (Å²) in [5.74, 6) is 0.179. The molecule has 1 aromatic carbocycles. The molecule has 2 aliphatic rings. The zero-order chi connectivity index (χ0) is 18.1. The molecule has 0 bridgehead atoms. The van der Waals surface area contributed by atoms with Crippen molar-refractivity contribution in [3.8, 4) is 5.75 Å². The number of rotatable bonds is 3. The number of benzene rings is 1. The number of aromatic nitrogens is 2. The summed E-state index contributed by atoms with van der Waals surface area (Å²) in [5, 5.41) is 0. The van der Waals surface area contributed by atoms with E-state index in [0.29, 0.717) is 24.5 Å². The Hall–Kier alpha value is -2.54. The van der Waals surface area contributed by atoms with Gasteiger partial charge in [0.05, 0.1) is 11.9 Å². The van der Waals surface area contributed by atoms with Crippen LogP contribution >= 0.6 is 0 Å². The summed E-state index contributed by atoms with van der Waals surface area (Å²) in [5.41, 5.74) is 1.18. The van der Waals surface area contributed by atoms with Crippen LogP contribution in [0.4, 0.5) is 4.39 Å². The van der Waals surface area contributed by atoms with E-state index in [0.717, 1.165) is 25.2 Å². The number of aryl methyl sites for hydroxylation is 1. The van der Waals surface area contributed by atoms with Gasteiger partial charge in [-0.3, -0.25) is 14.7 Å². The third-order valence-corrected chi connectivity index (χ3v) is 4.96. The van der Waals surface area contributed by atoms with Gasteiger partial charge in [-0.25, -0.2) is 9.37 Å². The molecule has 2 aliphatic heterocycles. The molecule has 1 aromatic heterocycles. The molecule has 2 fully saturated rings. The highest BCUT2D eigenvalue weighted by atomic mass is 19.1. The summed E-state index contributed by atoms with van der Waals surface area (Å²) in [6, 6.07) is 6.48. The van der Waals surface area contributed by atoms with Gasteiger partial charge in [0, 0.05) is 50.9 Å². The average Bonchev–Trinajstić information content (AvgIpc) is 3.03. The highest BCUT2D eigenvalue weighted by Gasteiger charge is 2.38. The first-order valence-corrected chi connectivity index (χ1v) is 8.82. The lowest BCUT2D eigenvalue weighted by Crippen LogP contribution is -2.52. The first-order valence-electron chi connectivity index (χ1n) is 8.82. The average molecular weight is 356 g/mol. The van der Waals surface area contributed by atoms with Gasteiger partial charge in [0.1, 0.15) is 23.4 Å². The van der Waals surface area contributed by atoms with Crippen molar-refractivity contribution in [1.82, 2.24) is 19.8 Å². The molecule has 1 amide bonds. The summed E-state index contributed by atoms with van der Waals surface area (Å²) in [6.45, 7) is 4.76.